The Labute approximate surface area is 140 Å². The second-order valence-electron chi connectivity index (χ2n) is 5.82. The standard InChI is InChI=1S/C21H17NO2/c1-15(23)24-21-13-7-2-8-16(21)14-22-19-11-5-3-9-17(19)18-10-4-6-12-20(18)22/h2-13H,14H2,1H3. The first-order chi connectivity index (χ1) is 11.7. The zero-order chi connectivity index (χ0) is 16.5. The van der Waals surface area contributed by atoms with E-state index in [4.69, 9.17) is 4.74 Å². The minimum absolute atomic E-state index is 0.301. The van der Waals surface area contributed by atoms with Crippen molar-refractivity contribution in [1.82, 2.24) is 4.57 Å². The predicted molar refractivity (Wildman–Crippen MR) is 96.3 cm³/mol. The number of hydrogen-bond acceptors (Lipinski definition) is 2. The number of carbonyl (C=O) groups excluding carboxylic acids is 1. The quantitative estimate of drug-likeness (QED) is 0.403. The van der Waals surface area contributed by atoms with Crippen LogP contribution >= 0.6 is 0 Å². The molecular formula is C21H17NO2. The van der Waals surface area contributed by atoms with E-state index in [1.807, 2.05) is 24.3 Å². The van der Waals surface area contributed by atoms with Crippen LogP contribution in [0.25, 0.3) is 21.8 Å². The van der Waals surface area contributed by atoms with E-state index in [9.17, 15) is 4.79 Å². The normalized spacial score (nSPS) is 11.0. The smallest absolute Gasteiger partial charge is 0.308 e. The second-order valence-corrected chi connectivity index (χ2v) is 5.82. The van der Waals surface area contributed by atoms with E-state index in [2.05, 4.69) is 53.1 Å². The summed E-state index contributed by atoms with van der Waals surface area (Å²) in [4.78, 5) is 11.4. The Morgan fingerprint density at radius 1 is 0.833 bits per heavy atom. The van der Waals surface area contributed by atoms with Gasteiger partial charge in [-0.05, 0) is 18.2 Å². The van der Waals surface area contributed by atoms with Crippen LogP contribution in [0.1, 0.15) is 12.5 Å². The largest absolute Gasteiger partial charge is 0.426 e. The Bertz CT molecular complexity index is 993. The van der Waals surface area contributed by atoms with E-state index in [1.54, 1.807) is 0 Å². The molecule has 0 aliphatic rings. The summed E-state index contributed by atoms with van der Waals surface area (Å²) < 4.78 is 7.64. The molecule has 0 bridgehead atoms. The van der Waals surface area contributed by atoms with E-state index >= 15 is 0 Å². The third kappa shape index (κ3) is 2.44. The maximum absolute atomic E-state index is 11.4. The lowest BCUT2D eigenvalue weighted by Gasteiger charge is -2.12. The van der Waals surface area contributed by atoms with Crippen molar-refractivity contribution in [2.75, 3.05) is 0 Å². The van der Waals surface area contributed by atoms with Gasteiger partial charge in [-0.1, -0.05) is 54.6 Å². The van der Waals surface area contributed by atoms with Crippen molar-refractivity contribution in [1.29, 1.82) is 0 Å². The highest BCUT2D eigenvalue weighted by Gasteiger charge is 2.12. The molecule has 3 nitrogen and oxygen atoms in total. The molecule has 24 heavy (non-hydrogen) atoms. The van der Waals surface area contributed by atoms with Gasteiger partial charge in [-0.15, -0.1) is 0 Å². The summed E-state index contributed by atoms with van der Waals surface area (Å²) in [6, 6.07) is 24.5. The Balaban J connectivity index is 1.90. The fourth-order valence-electron chi connectivity index (χ4n) is 3.23. The summed E-state index contributed by atoms with van der Waals surface area (Å²) in [5.41, 5.74) is 3.34. The molecule has 4 aromatic rings. The molecule has 0 saturated carbocycles. The molecule has 3 aromatic carbocycles. The van der Waals surface area contributed by atoms with E-state index < -0.39 is 0 Å². The monoisotopic (exact) mass is 315 g/mol. The molecule has 0 radical (unpaired) electrons. The van der Waals surface area contributed by atoms with Crippen LogP contribution in [0.4, 0.5) is 0 Å². The lowest BCUT2D eigenvalue weighted by molar-refractivity contribution is -0.131. The van der Waals surface area contributed by atoms with Gasteiger partial charge >= 0.3 is 5.97 Å². The van der Waals surface area contributed by atoms with Gasteiger partial charge in [0.05, 0.1) is 6.54 Å². The minimum atomic E-state index is -0.301. The molecule has 0 atom stereocenters. The first-order valence-corrected chi connectivity index (χ1v) is 7.96. The Hall–Kier alpha value is -3.07. The molecule has 1 aromatic heterocycles. The number of nitrogens with zero attached hydrogens (tertiary/aromatic N) is 1. The van der Waals surface area contributed by atoms with Crippen LogP contribution in [-0.2, 0) is 11.3 Å². The second kappa shape index (κ2) is 5.85. The van der Waals surface area contributed by atoms with Crippen LogP contribution < -0.4 is 4.74 Å². The first-order valence-electron chi connectivity index (χ1n) is 7.96. The number of rotatable bonds is 3. The molecule has 4 rings (SSSR count). The van der Waals surface area contributed by atoms with Crippen LogP contribution in [-0.4, -0.2) is 10.5 Å². The van der Waals surface area contributed by atoms with E-state index in [0.29, 0.717) is 12.3 Å². The molecule has 0 fully saturated rings. The zero-order valence-electron chi connectivity index (χ0n) is 13.4. The molecule has 118 valence electrons. The van der Waals surface area contributed by atoms with E-state index in [-0.39, 0.29) is 5.97 Å². The number of benzene rings is 3. The third-order valence-corrected chi connectivity index (χ3v) is 4.23. The highest BCUT2D eigenvalue weighted by atomic mass is 16.5. The van der Waals surface area contributed by atoms with Crippen molar-refractivity contribution in [3.63, 3.8) is 0 Å². The summed E-state index contributed by atoms with van der Waals surface area (Å²) in [5.74, 6) is 0.316. The van der Waals surface area contributed by atoms with Gasteiger partial charge < -0.3 is 9.30 Å². The Morgan fingerprint density at radius 2 is 1.38 bits per heavy atom. The van der Waals surface area contributed by atoms with Crippen LogP contribution in [0.2, 0.25) is 0 Å². The highest BCUT2D eigenvalue weighted by Crippen LogP contribution is 2.30. The topological polar surface area (TPSA) is 31.2 Å². The lowest BCUT2D eigenvalue weighted by atomic mass is 10.2. The van der Waals surface area contributed by atoms with Gasteiger partial charge in [-0.2, -0.15) is 0 Å². The number of fused-ring (bicyclic) bond motifs is 3. The van der Waals surface area contributed by atoms with E-state index in [1.165, 1.54) is 28.7 Å². The molecule has 0 aliphatic heterocycles. The number of esters is 1. The van der Waals surface area contributed by atoms with Crippen molar-refractivity contribution in [3.05, 3.63) is 78.4 Å². The summed E-state index contributed by atoms with van der Waals surface area (Å²) in [6.45, 7) is 2.08. The molecule has 0 saturated heterocycles. The summed E-state index contributed by atoms with van der Waals surface area (Å²) in [6.07, 6.45) is 0. The van der Waals surface area contributed by atoms with Gasteiger partial charge in [0, 0.05) is 34.3 Å². The fourth-order valence-corrected chi connectivity index (χ4v) is 3.23. The highest BCUT2D eigenvalue weighted by molar-refractivity contribution is 6.08. The van der Waals surface area contributed by atoms with Gasteiger partial charge in [0.1, 0.15) is 5.75 Å². The molecule has 0 amide bonds. The van der Waals surface area contributed by atoms with Crippen LogP contribution in [0.3, 0.4) is 0 Å². The van der Waals surface area contributed by atoms with Gasteiger partial charge in [0.25, 0.3) is 0 Å². The van der Waals surface area contributed by atoms with Crippen molar-refractivity contribution >= 4 is 27.8 Å². The van der Waals surface area contributed by atoms with Crippen molar-refractivity contribution in [3.8, 4) is 5.75 Å². The molecule has 0 unspecified atom stereocenters. The Morgan fingerprint density at radius 3 is 2.00 bits per heavy atom. The number of ether oxygens (including phenoxy) is 1. The lowest BCUT2D eigenvalue weighted by Crippen LogP contribution is -2.06. The van der Waals surface area contributed by atoms with Crippen LogP contribution in [0, 0.1) is 0 Å². The van der Waals surface area contributed by atoms with Crippen molar-refractivity contribution in [2.45, 2.75) is 13.5 Å². The summed E-state index contributed by atoms with van der Waals surface area (Å²) >= 11 is 0. The average molecular weight is 315 g/mol. The van der Waals surface area contributed by atoms with Crippen LogP contribution in [0.5, 0.6) is 5.75 Å². The SMILES string of the molecule is CC(=O)Oc1ccccc1Cn1c2ccccc2c2ccccc21. The molecular weight excluding hydrogens is 298 g/mol. The summed E-state index contributed by atoms with van der Waals surface area (Å²) in [5, 5.41) is 2.47. The van der Waals surface area contributed by atoms with Gasteiger partial charge in [-0.3, -0.25) is 4.79 Å². The number of hydrogen-bond donors (Lipinski definition) is 0. The van der Waals surface area contributed by atoms with Gasteiger partial charge in [-0.25, -0.2) is 0 Å². The first kappa shape index (κ1) is 14.5. The third-order valence-electron chi connectivity index (χ3n) is 4.23. The number of aromatic nitrogens is 1. The minimum Gasteiger partial charge on any atom is -0.426 e. The van der Waals surface area contributed by atoms with Crippen molar-refractivity contribution in [2.24, 2.45) is 0 Å². The fraction of sp³-hybridized carbons (Fsp3) is 0.0952. The summed E-state index contributed by atoms with van der Waals surface area (Å²) in [7, 11) is 0. The number of carbonyl (C=O) groups is 1. The zero-order valence-corrected chi connectivity index (χ0v) is 13.4. The molecule has 1 heterocycles. The maximum atomic E-state index is 11.4. The molecule has 0 N–H and O–H groups in total. The van der Waals surface area contributed by atoms with Crippen molar-refractivity contribution < 1.29 is 9.53 Å². The maximum Gasteiger partial charge on any atom is 0.308 e. The molecule has 0 spiro atoms. The van der Waals surface area contributed by atoms with Gasteiger partial charge in [0.2, 0.25) is 0 Å². The number of para-hydroxylation sites is 3. The Kier molecular flexibility index (Phi) is 3.54. The molecule has 3 heteroatoms. The molecule has 0 aliphatic carbocycles. The van der Waals surface area contributed by atoms with E-state index in [0.717, 1.165) is 5.56 Å². The van der Waals surface area contributed by atoms with Crippen LogP contribution in [0.15, 0.2) is 72.8 Å². The average Bonchev–Trinajstić information content (AvgIpc) is 2.91. The van der Waals surface area contributed by atoms with Gasteiger partial charge in [0.15, 0.2) is 0 Å². The predicted octanol–water partition coefficient (Wildman–Crippen LogP) is 4.77.